The second kappa shape index (κ2) is 12.1. The van der Waals surface area contributed by atoms with Gasteiger partial charge in [-0.15, -0.1) is 0 Å². The van der Waals surface area contributed by atoms with E-state index < -0.39 is 8.32 Å². The first-order chi connectivity index (χ1) is 12.8. The molecule has 2 rings (SSSR count). The highest BCUT2D eigenvalue weighted by molar-refractivity contribution is 6.96. The van der Waals surface area contributed by atoms with Crippen LogP contribution >= 0.6 is 0 Å². The van der Waals surface area contributed by atoms with Crippen LogP contribution in [-0.2, 0) is 0 Å². The SMILES string of the molecule is CCCCCCCCCCCC[Si](O)(c1ccccc1)c1ccccc1. The Bertz CT molecular complexity index is 542. The fraction of sp³-hybridized carbons (Fsp3) is 0.500. The Morgan fingerprint density at radius 1 is 0.577 bits per heavy atom. The van der Waals surface area contributed by atoms with Crippen LogP contribution in [-0.4, -0.2) is 13.1 Å². The van der Waals surface area contributed by atoms with Gasteiger partial charge in [-0.2, -0.15) is 0 Å². The summed E-state index contributed by atoms with van der Waals surface area (Å²) in [6.45, 7) is 2.27. The molecule has 0 aliphatic heterocycles. The Morgan fingerprint density at radius 3 is 1.38 bits per heavy atom. The molecule has 0 aliphatic rings. The summed E-state index contributed by atoms with van der Waals surface area (Å²) in [4.78, 5) is 11.6. The van der Waals surface area contributed by atoms with Gasteiger partial charge in [0.15, 0.2) is 0 Å². The van der Waals surface area contributed by atoms with Crippen LogP contribution in [0.4, 0.5) is 0 Å². The lowest BCUT2D eigenvalue weighted by molar-refractivity contribution is 0.541. The molecule has 0 bridgehead atoms. The van der Waals surface area contributed by atoms with Crippen molar-refractivity contribution in [2.24, 2.45) is 0 Å². The predicted octanol–water partition coefficient (Wildman–Crippen LogP) is 5.66. The van der Waals surface area contributed by atoms with Gasteiger partial charge in [-0.25, -0.2) is 0 Å². The first-order valence-electron chi connectivity index (χ1n) is 10.6. The minimum atomic E-state index is -2.59. The van der Waals surface area contributed by atoms with E-state index >= 15 is 0 Å². The van der Waals surface area contributed by atoms with Crippen molar-refractivity contribution in [3.63, 3.8) is 0 Å². The molecule has 142 valence electrons. The van der Waals surface area contributed by atoms with Gasteiger partial charge >= 0.3 is 0 Å². The Kier molecular flexibility index (Phi) is 9.73. The Balaban J connectivity index is 1.78. The minimum Gasteiger partial charge on any atom is -0.424 e. The average Bonchev–Trinajstić information content (AvgIpc) is 2.70. The van der Waals surface area contributed by atoms with Crippen molar-refractivity contribution >= 4 is 18.7 Å². The maximum Gasteiger partial charge on any atom is 0.252 e. The van der Waals surface area contributed by atoms with Gasteiger partial charge in [-0.05, 0) is 16.4 Å². The van der Waals surface area contributed by atoms with Crippen LogP contribution in [0.25, 0.3) is 0 Å². The molecule has 1 N–H and O–H groups in total. The normalized spacial score (nSPS) is 11.6. The summed E-state index contributed by atoms with van der Waals surface area (Å²) in [7, 11) is -2.59. The van der Waals surface area contributed by atoms with Crippen LogP contribution in [0.3, 0.4) is 0 Å². The van der Waals surface area contributed by atoms with Gasteiger partial charge < -0.3 is 4.80 Å². The smallest absolute Gasteiger partial charge is 0.252 e. The zero-order chi connectivity index (χ0) is 18.5. The lowest BCUT2D eigenvalue weighted by Crippen LogP contribution is -2.58. The highest BCUT2D eigenvalue weighted by atomic mass is 28.4. The number of unbranched alkanes of at least 4 members (excludes halogenated alkanes) is 9. The van der Waals surface area contributed by atoms with E-state index in [0.29, 0.717) is 0 Å². The second-order valence-electron chi connectivity index (χ2n) is 7.52. The molecule has 0 fully saturated rings. The molecule has 2 aromatic rings. The van der Waals surface area contributed by atoms with Crippen molar-refractivity contribution in [3.8, 4) is 0 Å². The van der Waals surface area contributed by atoms with Crippen molar-refractivity contribution in [2.75, 3.05) is 0 Å². The molecule has 0 spiro atoms. The molecule has 0 saturated heterocycles. The quantitative estimate of drug-likeness (QED) is 0.357. The number of benzene rings is 2. The molecule has 0 aliphatic carbocycles. The third kappa shape index (κ3) is 6.73. The van der Waals surface area contributed by atoms with E-state index in [1.54, 1.807) is 0 Å². The van der Waals surface area contributed by atoms with E-state index in [1.807, 2.05) is 12.1 Å². The summed E-state index contributed by atoms with van der Waals surface area (Å²) in [5, 5.41) is 2.28. The minimum absolute atomic E-state index is 0.928. The maximum atomic E-state index is 11.6. The summed E-state index contributed by atoms with van der Waals surface area (Å²) in [6.07, 6.45) is 13.3. The molecular weight excluding hydrogens is 332 g/mol. The van der Waals surface area contributed by atoms with E-state index in [2.05, 4.69) is 55.5 Å². The van der Waals surface area contributed by atoms with E-state index in [-0.39, 0.29) is 0 Å². The van der Waals surface area contributed by atoms with Crippen molar-refractivity contribution in [1.82, 2.24) is 0 Å². The van der Waals surface area contributed by atoms with E-state index in [9.17, 15) is 4.80 Å². The highest BCUT2D eigenvalue weighted by Gasteiger charge is 2.34. The molecule has 0 radical (unpaired) electrons. The monoisotopic (exact) mass is 368 g/mol. The molecule has 2 heteroatoms. The topological polar surface area (TPSA) is 20.2 Å². The van der Waals surface area contributed by atoms with Crippen molar-refractivity contribution < 1.29 is 4.80 Å². The van der Waals surface area contributed by atoms with Gasteiger partial charge in [0.05, 0.1) is 0 Å². The van der Waals surface area contributed by atoms with Gasteiger partial charge in [-0.3, -0.25) is 0 Å². The summed E-state index contributed by atoms with van der Waals surface area (Å²) >= 11 is 0. The Morgan fingerprint density at radius 2 is 0.962 bits per heavy atom. The second-order valence-corrected chi connectivity index (χ2v) is 10.9. The van der Waals surface area contributed by atoms with Gasteiger partial charge in [-0.1, -0.05) is 132 Å². The zero-order valence-electron chi connectivity index (χ0n) is 16.5. The van der Waals surface area contributed by atoms with Crippen LogP contribution in [0.15, 0.2) is 60.7 Å². The molecule has 26 heavy (non-hydrogen) atoms. The van der Waals surface area contributed by atoms with Crippen LogP contribution < -0.4 is 10.4 Å². The van der Waals surface area contributed by atoms with Crippen molar-refractivity contribution in [2.45, 2.75) is 77.2 Å². The average molecular weight is 369 g/mol. The van der Waals surface area contributed by atoms with Gasteiger partial charge in [0, 0.05) is 0 Å². The summed E-state index contributed by atoms with van der Waals surface area (Å²) in [5.41, 5.74) is 0. The molecule has 0 heterocycles. The number of rotatable bonds is 13. The Labute approximate surface area is 161 Å². The molecule has 0 atom stereocenters. The van der Waals surface area contributed by atoms with E-state index in [4.69, 9.17) is 0 Å². The molecule has 0 amide bonds. The van der Waals surface area contributed by atoms with Crippen LogP contribution in [0.5, 0.6) is 0 Å². The zero-order valence-corrected chi connectivity index (χ0v) is 17.5. The van der Waals surface area contributed by atoms with Crippen LogP contribution in [0.1, 0.15) is 71.1 Å². The maximum absolute atomic E-state index is 11.6. The number of hydrogen-bond donors (Lipinski definition) is 1. The third-order valence-corrected chi connectivity index (χ3v) is 9.05. The lowest BCUT2D eigenvalue weighted by Gasteiger charge is -2.26. The molecule has 2 aromatic carbocycles. The molecule has 1 nitrogen and oxygen atoms in total. The molecule has 0 unspecified atom stereocenters. The van der Waals surface area contributed by atoms with E-state index in [1.165, 1.54) is 57.8 Å². The first kappa shape index (κ1) is 20.9. The summed E-state index contributed by atoms with van der Waals surface area (Å²) in [5.74, 6) is 0. The fourth-order valence-electron chi connectivity index (χ4n) is 3.75. The predicted molar refractivity (Wildman–Crippen MR) is 117 cm³/mol. The lowest BCUT2D eigenvalue weighted by atomic mass is 10.1. The van der Waals surface area contributed by atoms with Crippen molar-refractivity contribution in [1.29, 1.82) is 0 Å². The van der Waals surface area contributed by atoms with E-state index in [0.717, 1.165) is 22.8 Å². The van der Waals surface area contributed by atoms with Crippen LogP contribution in [0.2, 0.25) is 6.04 Å². The molecule has 0 saturated carbocycles. The standard InChI is InChI=1S/C24H36OSi/c1-2-3-4-5-6-7-8-9-10-17-22-26(25,23-18-13-11-14-19-23)24-20-15-12-16-21-24/h11-16,18-21,25H,2-10,17,22H2,1H3. The largest absolute Gasteiger partial charge is 0.424 e. The van der Waals surface area contributed by atoms with Gasteiger partial charge in [0.25, 0.3) is 8.32 Å². The molecular formula is C24H36OSi. The van der Waals surface area contributed by atoms with Gasteiger partial charge in [0.1, 0.15) is 0 Å². The summed E-state index contributed by atoms with van der Waals surface area (Å²) < 4.78 is 0. The highest BCUT2D eigenvalue weighted by Crippen LogP contribution is 2.16. The number of hydrogen-bond acceptors (Lipinski definition) is 1. The molecule has 0 aromatic heterocycles. The van der Waals surface area contributed by atoms with Gasteiger partial charge in [0.2, 0.25) is 0 Å². The van der Waals surface area contributed by atoms with Crippen molar-refractivity contribution in [3.05, 3.63) is 60.7 Å². The first-order valence-corrected chi connectivity index (χ1v) is 12.8. The summed E-state index contributed by atoms with van der Waals surface area (Å²) in [6, 6.07) is 21.6. The fourth-order valence-corrected chi connectivity index (χ4v) is 6.91. The third-order valence-electron chi connectivity index (χ3n) is 5.39. The Hall–Kier alpha value is -1.38. The van der Waals surface area contributed by atoms with Crippen LogP contribution in [0, 0.1) is 0 Å².